The maximum Gasteiger partial charge on any atom is 0.331 e. The Bertz CT molecular complexity index is 737. The lowest BCUT2D eigenvalue weighted by Gasteiger charge is -2.36. The Hall–Kier alpha value is -1.69. The van der Waals surface area contributed by atoms with Crippen LogP contribution in [-0.4, -0.2) is 46.2 Å². The minimum absolute atomic E-state index is 0.106. The van der Waals surface area contributed by atoms with Gasteiger partial charge in [-0.15, -0.1) is 0 Å². The first-order chi connectivity index (χ1) is 14.1. The quantitative estimate of drug-likeness (QED) is 0.367. The van der Waals surface area contributed by atoms with Crippen LogP contribution in [0.4, 0.5) is 0 Å². The average molecular weight is 419 g/mol. The minimum Gasteiger partial charge on any atom is -0.454 e. The van der Waals surface area contributed by atoms with Crippen LogP contribution < -0.4 is 0 Å². The van der Waals surface area contributed by atoms with Crippen LogP contribution in [0.25, 0.3) is 0 Å². The molecule has 0 unspecified atom stereocenters. The summed E-state index contributed by atoms with van der Waals surface area (Å²) in [7, 11) is 0. The Morgan fingerprint density at radius 1 is 1.37 bits per heavy atom. The van der Waals surface area contributed by atoms with Gasteiger partial charge in [0.15, 0.2) is 0 Å². The number of carbonyl (C=O) groups is 1. The Balaban J connectivity index is 1.90. The third-order valence-electron chi connectivity index (χ3n) is 6.41. The molecule has 0 radical (unpaired) electrons. The van der Waals surface area contributed by atoms with Gasteiger partial charge in [-0.05, 0) is 63.4 Å². The molecule has 2 aliphatic rings. The van der Waals surface area contributed by atoms with Crippen molar-refractivity contribution in [2.24, 2.45) is 5.41 Å². The lowest BCUT2D eigenvalue weighted by molar-refractivity contribution is -0.138. The van der Waals surface area contributed by atoms with Gasteiger partial charge in [-0.1, -0.05) is 43.2 Å². The van der Waals surface area contributed by atoms with E-state index in [0.29, 0.717) is 24.8 Å². The number of carbonyl (C=O) groups excluding carboxylic acids is 1. The first-order valence-corrected chi connectivity index (χ1v) is 11.0. The largest absolute Gasteiger partial charge is 0.454 e. The van der Waals surface area contributed by atoms with Gasteiger partial charge in [0.25, 0.3) is 0 Å². The van der Waals surface area contributed by atoms with E-state index in [2.05, 4.69) is 20.8 Å². The Labute approximate surface area is 180 Å². The Morgan fingerprint density at radius 3 is 2.73 bits per heavy atom. The van der Waals surface area contributed by atoms with Crippen LogP contribution >= 0.6 is 0 Å². The second-order valence-electron chi connectivity index (χ2n) is 9.52. The molecule has 0 saturated heterocycles. The minimum atomic E-state index is -0.908. The molecule has 0 aromatic carbocycles. The summed E-state index contributed by atoms with van der Waals surface area (Å²) >= 11 is 0. The van der Waals surface area contributed by atoms with Gasteiger partial charge in [-0.25, -0.2) is 4.79 Å². The fraction of sp³-hybridized carbons (Fsp3) is 0.640. The van der Waals surface area contributed by atoms with Crippen LogP contribution in [0.5, 0.6) is 0 Å². The number of esters is 1. The monoisotopic (exact) mass is 418 g/mol. The number of aliphatic hydroxyl groups is 3. The van der Waals surface area contributed by atoms with Crippen molar-refractivity contribution >= 4 is 5.97 Å². The lowest BCUT2D eigenvalue weighted by atomic mass is 9.70. The van der Waals surface area contributed by atoms with Crippen molar-refractivity contribution in [1.82, 2.24) is 0 Å². The molecule has 0 aromatic rings. The van der Waals surface area contributed by atoms with Gasteiger partial charge in [0, 0.05) is 18.1 Å². The summed E-state index contributed by atoms with van der Waals surface area (Å²) in [5, 5.41) is 29.7. The second kappa shape index (κ2) is 10.6. The molecule has 5 heteroatoms. The molecule has 0 saturated carbocycles. The van der Waals surface area contributed by atoms with Crippen LogP contribution in [0.2, 0.25) is 0 Å². The molecule has 5 nitrogen and oxygen atoms in total. The predicted octanol–water partition coefficient (Wildman–Crippen LogP) is 4.14. The van der Waals surface area contributed by atoms with E-state index in [0.717, 1.165) is 18.4 Å². The number of hydrogen-bond acceptors (Lipinski definition) is 5. The molecule has 1 heterocycles. The third kappa shape index (κ3) is 6.93. The summed E-state index contributed by atoms with van der Waals surface area (Å²) in [6.07, 6.45) is 12.5. The SMILES string of the molecule is CC1=C(CC[C@](C)(O)/C=C/C/C(=C/C[C@@H]2OC(=O)C=C2CO)CO)C(C)(C)CCC1. The van der Waals surface area contributed by atoms with E-state index in [1.807, 2.05) is 25.2 Å². The number of hydrogen-bond donors (Lipinski definition) is 3. The maximum absolute atomic E-state index is 11.3. The maximum atomic E-state index is 11.3. The molecule has 3 N–H and O–H groups in total. The van der Waals surface area contributed by atoms with Crippen LogP contribution in [0.15, 0.2) is 46.6 Å². The van der Waals surface area contributed by atoms with E-state index in [-0.39, 0.29) is 18.6 Å². The fourth-order valence-corrected chi connectivity index (χ4v) is 4.48. The van der Waals surface area contributed by atoms with Gasteiger partial charge in [0.05, 0.1) is 18.8 Å². The van der Waals surface area contributed by atoms with Gasteiger partial charge in [-0.3, -0.25) is 0 Å². The summed E-state index contributed by atoms with van der Waals surface area (Å²) < 4.78 is 5.15. The highest BCUT2D eigenvalue weighted by molar-refractivity contribution is 5.85. The first-order valence-electron chi connectivity index (χ1n) is 11.0. The summed E-state index contributed by atoms with van der Waals surface area (Å²) in [5.74, 6) is -0.439. The van der Waals surface area contributed by atoms with E-state index >= 15 is 0 Å². The lowest BCUT2D eigenvalue weighted by Crippen LogP contribution is -2.25. The fourth-order valence-electron chi connectivity index (χ4n) is 4.48. The van der Waals surface area contributed by atoms with Crippen molar-refractivity contribution in [2.75, 3.05) is 13.2 Å². The molecule has 0 spiro atoms. The molecule has 1 aliphatic carbocycles. The van der Waals surface area contributed by atoms with Crippen molar-refractivity contribution in [2.45, 2.75) is 84.3 Å². The molecule has 0 fully saturated rings. The van der Waals surface area contributed by atoms with E-state index < -0.39 is 17.7 Å². The van der Waals surface area contributed by atoms with Gasteiger partial charge >= 0.3 is 5.97 Å². The highest BCUT2D eigenvalue weighted by atomic mass is 16.5. The second-order valence-corrected chi connectivity index (χ2v) is 9.52. The van der Waals surface area contributed by atoms with Crippen molar-refractivity contribution in [1.29, 1.82) is 0 Å². The number of cyclic esters (lactones) is 1. The van der Waals surface area contributed by atoms with Gasteiger partial charge in [0.2, 0.25) is 0 Å². The highest BCUT2D eigenvalue weighted by Crippen LogP contribution is 2.43. The molecule has 2 atom stereocenters. The molecular weight excluding hydrogens is 380 g/mol. The summed E-state index contributed by atoms with van der Waals surface area (Å²) in [4.78, 5) is 11.3. The van der Waals surface area contributed by atoms with E-state index in [1.54, 1.807) is 0 Å². The number of allylic oxidation sites excluding steroid dienone is 3. The van der Waals surface area contributed by atoms with Crippen LogP contribution in [0.1, 0.15) is 72.6 Å². The molecule has 1 aliphatic heterocycles. The zero-order valence-electron chi connectivity index (χ0n) is 18.9. The smallest absolute Gasteiger partial charge is 0.331 e. The predicted molar refractivity (Wildman–Crippen MR) is 119 cm³/mol. The molecule has 0 amide bonds. The van der Waals surface area contributed by atoms with Crippen LogP contribution in [0.3, 0.4) is 0 Å². The normalized spacial score (nSPS) is 24.2. The standard InChI is InChI=1S/C25H38O5/c1-18-7-5-12-24(2,3)21(18)11-14-25(4,29)13-6-8-19(16-26)9-10-22-20(17-27)15-23(28)30-22/h6,9,13,15,22,26-27,29H,5,7-8,10-12,14,16-17H2,1-4H3/b13-6+,19-9-/t22-,25+/m0/s1. The first kappa shape index (κ1) is 24.6. The van der Waals surface area contributed by atoms with Gasteiger partial charge in [-0.2, -0.15) is 0 Å². The van der Waals surface area contributed by atoms with Crippen molar-refractivity contribution in [3.63, 3.8) is 0 Å². The van der Waals surface area contributed by atoms with Crippen molar-refractivity contribution < 1.29 is 24.9 Å². The van der Waals surface area contributed by atoms with Crippen molar-refractivity contribution in [3.8, 4) is 0 Å². The molecule has 2 rings (SSSR count). The highest BCUT2D eigenvalue weighted by Gasteiger charge is 2.29. The zero-order chi connectivity index (χ0) is 22.4. The molecule has 168 valence electrons. The van der Waals surface area contributed by atoms with Gasteiger partial charge in [0.1, 0.15) is 6.10 Å². The number of rotatable bonds is 10. The van der Waals surface area contributed by atoms with Crippen molar-refractivity contribution in [3.05, 3.63) is 46.6 Å². The van der Waals surface area contributed by atoms with E-state index in [4.69, 9.17) is 4.74 Å². The summed E-state index contributed by atoms with van der Waals surface area (Å²) in [6.45, 7) is 8.32. The zero-order valence-corrected chi connectivity index (χ0v) is 18.9. The third-order valence-corrected chi connectivity index (χ3v) is 6.41. The molecular formula is C25H38O5. The summed E-state index contributed by atoms with van der Waals surface area (Å²) in [5.41, 5.74) is 3.60. The molecule has 30 heavy (non-hydrogen) atoms. The topological polar surface area (TPSA) is 87.0 Å². The van der Waals surface area contributed by atoms with E-state index in [1.165, 1.54) is 30.1 Å². The molecule has 0 bridgehead atoms. The number of ether oxygens (including phenoxy) is 1. The average Bonchev–Trinajstić information content (AvgIpc) is 3.03. The number of aliphatic hydroxyl groups excluding tert-OH is 2. The Morgan fingerprint density at radius 2 is 2.10 bits per heavy atom. The Kier molecular flexibility index (Phi) is 8.65. The van der Waals surface area contributed by atoms with Crippen LogP contribution in [-0.2, 0) is 9.53 Å². The molecule has 0 aromatic heterocycles. The summed E-state index contributed by atoms with van der Waals surface area (Å²) in [6, 6.07) is 0. The van der Waals surface area contributed by atoms with E-state index in [9.17, 15) is 20.1 Å². The van der Waals surface area contributed by atoms with Crippen LogP contribution in [0, 0.1) is 5.41 Å². The van der Waals surface area contributed by atoms with Gasteiger partial charge < -0.3 is 20.1 Å².